The highest BCUT2D eigenvalue weighted by Crippen LogP contribution is 2.32. The van der Waals surface area contributed by atoms with Crippen molar-refractivity contribution in [2.45, 2.75) is 39.3 Å². The average Bonchev–Trinajstić information content (AvgIpc) is 2.35. The Morgan fingerprint density at radius 3 is 2.55 bits per heavy atom. The average molecular weight is 276 g/mol. The fourth-order valence-electron chi connectivity index (χ4n) is 2.23. The van der Waals surface area contributed by atoms with Crippen molar-refractivity contribution in [3.63, 3.8) is 0 Å². The van der Waals surface area contributed by atoms with Crippen LogP contribution in [0.1, 0.15) is 27.7 Å². The van der Waals surface area contributed by atoms with Crippen LogP contribution in [0.4, 0.5) is 4.79 Å². The van der Waals surface area contributed by atoms with Crippen LogP contribution in [0.3, 0.4) is 0 Å². The second-order valence-corrected chi connectivity index (χ2v) is 5.88. The van der Waals surface area contributed by atoms with E-state index in [0.717, 1.165) is 0 Å². The minimum absolute atomic E-state index is 0.280. The van der Waals surface area contributed by atoms with Crippen molar-refractivity contribution < 1.29 is 14.3 Å². The third-order valence-electron chi connectivity index (χ3n) is 3.27. The van der Waals surface area contributed by atoms with Gasteiger partial charge in [-0.05, 0) is 27.7 Å². The van der Waals surface area contributed by atoms with Gasteiger partial charge in [-0.1, -0.05) is 6.08 Å². The number of carbonyl (C=O) groups is 1. The Morgan fingerprint density at radius 2 is 2.15 bits per heavy atom. The van der Waals surface area contributed by atoms with Crippen LogP contribution < -0.4 is 0 Å². The van der Waals surface area contributed by atoms with Gasteiger partial charge in [-0.3, -0.25) is 0 Å². The fraction of sp³-hybridized carbons (Fsp3) is 0.600. The summed E-state index contributed by atoms with van der Waals surface area (Å²) in [5, 5.41) is 9.25. The van der Waals surface area contributed by atoms with E-state index in [4.69, 9.17) is 4.74 Å². The number of hydrogen-bond donors (Lipinski definition) is 0. The molecule has 3 atom stereocenters. The molecule has 0 saturated carbocycles. The summed E-state index contributed by atoms with van der Waals surface area (Å²) in [7, 11) is 0. The fourth-order valence-corrected chi connectivity index (χ4v) is 2.23. The van der Waals surface area contributed by atoms with Crippen LogP contribution in [0.25, 0.3) is 0 Å². The normalized spacial score (nSPS) is 26.4. The van der Waals surface area contributed by atoms with Crippen molar-refractivity contribution in [1.82, 2.24) is 4.90 Å². The summed E-state index contributed by atoms with van der Waals surface area (Å²) in [5.74, 6) is 0.794. The maximum Gasteiger partial charge on any atom is 0.410 e. The molecular formula is C15H20N2O3. The summed E-state index contributed by atoms with van der Waals surface area (Å²) in [6.07, 6.45) is 1.08. The summed E-state index contributed by atoms with van der Waals surface area (Å²) in [4.78, 5) is 24.7. The number of nitriles is 1. The van der Waals surface area contributed by atoms with Crippen LogP contribution in [0.15, 0.2) is 18.2 Å². The van der Waals surface area contributed by atoms with Crippen LogP contribution in [0.5, 0.6) is 0 Å². The van der Waals surface area contributed by atoms with Crippen LogP contribution in [0.2, 0.25) is 0 Å². The predicted octanol–water partition coefficient (Wildman–Crippen LogP) is 2.33. The molecular weight excluding hydrogens is 256 g/mol. The molecule has 5 nitrogen and oxygen atoms in total. The monoisotopic (exact) mass is 276 g/mol. The first-order valence-electron chi connectivity index (χ1n) is 6.51. The number of hydrogen-bond acceptors (Lipinski definition) is 4. The molecule has 0 aliphatic carbocycles. The van der Waals surface area contributed by atoms with E-state index in [-0.39, 0.29) is 12.5 Å². The van der Waals surface area contributed by atoms with Crippen LogP contribution in [0, 0.1) is 23.2 Å². The molecule has 1 heterocycles. The van der Waals surface area contributed by atoms with E-state index in [1.165, 1.54) is 4.90 Å². The zero-order valence-electron chi connectivity index (χ0n) is 12.3. The van der Waals surface area contributed by atoms with Gasteiger partial charge >= 0.3 is 6.09 Å². The van der Waals surface area contributed by atoms with E-state index in [9.17, 15) is 14.9 Å². The summed E-state index contributed by atoms with van der Waals surface area (Å²) < 4.78 is 5.34. The van der Waals surface area contributed by atoms with Gasteiger partial charge in [0.05, 0.1) is 18.0 Å². The lowest BCUT2D eigenvalue weighted by atomic mass is 9.80. The largest absolute Gasteiger partial charge is 0.444 e. The Hall–Kier alpha value is -2.05. The van der Waals surface area contributed by atoms with E-state index < -0.39 is 23.7 Å². The predicted molar refractivity (Wildman–Crippen MR) is 74.4 cm³/mol. The molecule has 1 aliphatic heterocycles. The highest BCUT2D eigenvalue weighted by molar-refractivity contribution is 5.70. The Labute approximate surface area is 119 Å². The second kappa shape index (κ2) is 5.94. The molecule has 108 valence electrons. The number of carbonyl (C=O) groups excluding carboxylic acids is 2. The van der Waals surface area contributed by atoms with Gasteiger partial charge in [0, 0.05) is 18.0 Å². The van der Waals surface area contributed by atoms with Crippen molar-refractivity contribution >= 4 is 12.0 Å². The minimum Gasteiger partial charge on any atom is -0.444 e. The highest BCUT2D eigenvalue weighted by atomic mass is 16.6. The molecule has 1 aliphatic rings. The summed E-state index contributed by atoms with van der Waals surface area (Å²) in [6.45, 7) is 11.0. The number of ether oxygens (including phenoxy) is 1. The first-order valence-corrected chi connectivity index (χ1v) is 6.51. The third kappa shape index (κ3) is 3.28. The molecule has 2 unspecified atom stereocenters. The molecule has 1 rings (SSSR count). The van der Waals surface area contributed by atoms with Crippen LogP contribution >= 0.6 is 0 Å². The topological polar surface area (TPSA) is 70.4 Å². The maximum atomic E-state index is 12.2. The quantitative estimate of drug-likeness (QED) is 0.544. The summed E-state index contributed by atoms with van der Waals surface area (Å²) >= 11 is 0. The van der Waals surface area contributed by atoms with Gasteiger partial charge in [-0.2, -0.15) is 5.26 Å². The van der Waals surface area contributed by atoms with Gasteiger partial charge in [-0.25, -0.2) is 9.59 Å². The lowest BCUT2D eigenvalue weighted by molar-refractivity contribution is 0.00905. The van der Waals surface area contributed by atoms with E-state index in [1.54, 1.807) is 33.8 Å². The summed E-state index contributed by atoms with van der Waals surface area (Å²) in [5.41, 5.74) is -0.251. The van der Waals surface area contributed by atoms with Crippen molar-refractivity contribution in [2.75, 3.05) is 6.54 Å². The Bertz CT molecular complexity index is 492. The van der Waals surface area contributed by atoms with Crippen molar-refractivity contribution in [2.24, 2.45) is 11.8 Å². The smallest absolute Gasteiger partial charge is 0.410 e. The first kappa shape index (κ1) is 16.0. The summed E-state index contributed by atoms with van der Waals surface area (Å²) in [6, 6.07) is 1.64. The standard InChI is InChI=1S/C15H20N2O3/c1-6-11-8-17(14(19)20-15(3,4)5)10(2)12(7-16)13(11)9-18/h6,10-12H,1,8H2,2-5H3/t10-,11?,12?/m0/s1. The number of amides is 1. The Morgan fingerprint density at radius 1 is 1.55 bits per heavy atom. The van der Waals surface area contributed by atoms with E-state index in [2.05, 4.69) is 12.6 Å². The highest BCUT2D eigenvalue weighted by Gasteiger charge is 2.41. The van der Waals surface area contributed by atoms with Crippen molar-refractivity contribution in [3.8, 4) is 6.07 Å². The minimum atomic E-state index is -0.684. The van der Waals surface area contributed by atoms with Crippen LogP contribution in [-0.2, 0) is 9.53 Å². The van der Waals surface area contributed by atoms with Gasteiger partial charge < -0.3 is 9.64 Å². The second-order valence-electron chi connectivity index (χ2n) is 5.88. The van der Waals surface area contributed by atoms with Gasteiger partial charge in [0.1, 0.15) is 11.5 Å². The molecule has 20 heavy (non-hydrogen) atoms. The molecule has 1 saturated heterocycles. The molecule has 0 N–H and O–H groups in total. The van der Waals surface area contributed by atoms with E-state index in [0.29, 0.717) is 5.57 Å². The molecule has 0 spiro atoms. The zero-order chi connectivity index (χ0) is 15.5. The van der Waals surface area contributed by atoms with Gasteiger partial charge in [-0.15, -0.1) is 6.58 Å². The zero-order valence-corrected chi connectivity index (χ0v) is 12.3. The van der Waals surface area contributed by atoms with Gasteiger partial charge in [0.15, 0.2) is 0 Å². The molecule has 0 aromatic heterocycles. The number of rotatable bonds is 1. The van der Waals surface area contributed by atoms with Gasteiger partial charge in [0.25, 0.3) is 0 Å². The van der Waals surface area contributed by atoms with Gasteiger partial charge in [0.2, 0.25) is 0 Å². The molecule has 5 heteroatoms. The van der Waals surface area contributed by atoms with Crippen LogP contribution in [-0.4, -0.2) is 35.1 Å². The Balaban J connectivity index is 3.06. The molecule has 0 radical (unpaired) electrons. The first-order chi connectivity index (χ1) is 9.25. The molecule has 1 amide bonds. The molecule has 1 fully saturated rings. The number of nitrogens with zero attached hydrogens (tertiary/aromatic N) is 2. The lowest BCUT2D eigenvalue weighted by Gasteiger charge is -2.40. The molecule has 0 bridgehead atoms. The lowest BCUT2D eigenvalue weighted by Crippen LogP contribution is -2.52. The van der Waals surface area contributed by atoms with Crippen molar-refractivity contribution in [1.29, 1.82) is 5.26 Å². The maximum absolute atomic E-state index is 12.2. The SMILES string of the molecule is C=CC1CN(C(=O)OC(C)(C)C)[C@@H](C)C(C#N)C1=C=O. The van der Waals surface area contributed by atoms with E-state index in [1.807, 2.05) is 5.94 Å². The molecule has 0 aromatic carbocycles. The number of piperidine rings is 1. The Kier molecular flexibility index (Phi) is 4.75. The molecule has 0 aromatic rings. The number of likely N-dealkylation sites (tertiary alicyclic amines) is 1. The van der Waals surface area contributed by atoms with E-state index >= 15 is 0 Å². The third-order valence-corrected chi connectivity index (χ3v) is 3.27. The van der Waals surface area contributed by atoms with Crippen molar-refractivity contribution in [3.05, 3.63) is 18.2 Å².